The summed E-state index contributed by atoms with van der Waals surface area (Å²) < 4.78 is 5.20. The number of fused-ring (bicyclic) bond motifs is 2. The third-order valence-electron chi connectivity index (χ3n) is 5.66. The quantitative estimate of drug-likeness (QED) is 0.890. The van der Waals surface area contributed by atoms with Crippen molar-refractivity contribution in [1.82, 2.24) is 10.2 Å². The zero-order chi connectivity index (χ0) is 16.5. The summed E-state index contributed by atoms with van der Waals surface area (Å²) in [5, 5.41) is 6.13. The molecular formula is C19H27N3O2. The maximum atomic E-state index is 12.4. The first-order valence-corrected chi connectivity index (χ1v) is 9.22. The van der Waals surface area contributed by atoms with Crippen molar-refractivity contribution in [1.29, 1.82) is 0 Å². The number of anilines is 1. The monoisotopic (exact) mass is 329 g/mol. The summed E-state index contributed by atoms with van der Waals surface area (Å²) >= 11 is 0. The molecule has 2 bridgehead atoms. The molecule has 0 unspecified atom stereocenters. The van der Waals surface area contributed by atoms with E-state index >= 15 is 0 Å². The second-order valence-electron chi connectivity index (χ2n) is 7.42. The predicted octanol–water partition coefficient (Wildman–Crippen LogP) is 3.36. The van der Waals surface area contributed by atoms with E-state index in [0.29, 0.717) is 18.1 Å². The van der Waals surface area contributed by atoms with Crippen molar-refractivity contribution in [3.05, 3.63) is 24.3 Å². The minimum atomic E-state index is -0.105. The van der Waals surface area contributed by atoms with E-state index in [1.54, 1.807) is 7.11 Å². The van der Waals surface area contributed by atoms with Gasteiger partial charge in [-0.1, -0.05) is 12.5 Å². The molecule has 24 heavy (non-hydrogen) atoms. The Hall–Kier alpha value is -1.75. The summed E-state index contributed by atoms with van der Waals surface area (Å²) in [6.45, 7) is 0. The van der Waals surface area contributed by atoms with Crippen molar-refractivity contribution >= 4 is 11.7 Å². The minimum absolute atomic E-state index is 0.105. The van der Waals surface area contributed by atoms with Crippen LogP contribution in [0.1, 0.15) is 44.9 Å². The lowest BCUT2D eigenvalue weighted by Crippen LogP contribution is -2.58. The van der Waals surface area contributed by atoms with Gasteiger partial charge in [0.05, 0.1) is 7.11 Å². The smallest absolute Gasteiger partial charge is 0.319 e. The molecule has 0 radical (unpaired) electrons. The van der Waals surface area contributed by atoms with E-state index in [1.165, 1.54) is 32.1 Å². The number of nitrogens with one attached hydrogen (secondary N) is 2. The van der Waals surface area contributed by atoms with Crippen LogP contribution in [0.5, 0.6) is 5.75 Å². The molecule has 5 heteroatoms. The van der Waals surface area contributed by atoms with Gasteiger partial charge < -0.3 is 15.4 Å². The van der Waals surface area contributed by atoms with Crippen LogP contribution in [0.3, 0.4) is 0 Å². The SMILES string of the molecule is COc1cccc(NC(=O)NC2C[C@H]3CCC[C@H](C2)N3C2CC2)c1. The lowest BCUT2D eigenvalue weighted by Gasteiger charge is -2.49. The topological polar surface area (TPSA) is 53.6 Å². The van der Waals surface area contributed by atoms with Gasteiger partial charge in [0.1, 0.15) is 5.75 Å². The van der Waals surface area contributed by atoms with Gasteiger partial charge in [-0.25, -0.2) is 4.79 Å². The fourth-order valence-electron chi connectivity index (χ4n) is 4.56. The van der Waals surface area contributed by atoms with Crippen molar-refractivity contribution in [2.45, 2.75) is 69.1 Å². The van der Waals surface area contributed by atoms with Gasteiger partial charge in [0.2, 0.25) is 0 Å². The number of benzene rings is 1. The van der Waals surface area contributed by atoms with E-state index in [9.17, 15) is 4.79 Å². The average Bonchev–Trinajstić information content (AvgIpc) is 3.39. The Kier molecular flexibility index (Phi) is 4.35. The van der Waals surface area contributed by atoms with Crippen molar-refractivity contribution < 1.29 is 9.53 Å². The molecule has 4 rings (SSSR count). The third kappa shape index (κ3) is 3.36. The van der Waals surface area contributed by atoms with Gasteiger partial charge in [0, 0.05) is 35.9 Å². The summed E-state index contributed by atoms with van der Waals surface area (Å²) in [7, 11) is 1.63. The molecule has 1 aromatic rings. The molecule has 2 atom stereocenters. The van der Waals surface area contributed by atoms with E-state index in [-0.39, 0.29) is 6.03 Å². The highest BCUT2D eigenvalue weighted by Crippen LogP contribution is 2.41. The second kappa shape index (κ2) is 6.63. The van der Waals surface area contributed by atoms with E-state index in [4.69, 9.17) is 4.74 Å². The molecule has 1 aliphatic carbocycles. The van der Waals surface area contributed by atoms with Crippen LogP contribution in [0, 0.1) is 0 Å². The zero-order valence-corrected chi connectivity index (χ0v) is 14.3. The zero-order valence-electron chi connectivity index (χ0n) is 14.3. The molecule has 2 saturated heterocycles. The fourth-order valence-corrected chi connectivity index (χ4v) is 4.56. The molecule has 2 N–H and O–H groups in total. The standard InChI is InChI=1S/C19H27N3O2/c1-24-18-7-2-4-13(12-18)20-19(23)21-14-10-16-5-3-6-17(11-14)22(16)15-8-9-15/h2,4,7,12,14-17H,3,5-6,8-11H2,1H3,(H2,20,21,23)/t16-,17-/m1/s1. The van der Waals surface area contributed by atoms with Gasteiger partial charge in [0.25, 0.3) is 0 Å². The number of ether oxygens (including phenoxy) is 1. The van der Waals surface area contributed by atoms with Crippen LogP contribution < -0.4 is 15.4 Å². The second-order valence-corrected chi connectivity index (χ2v) is 7.42. The van der Waals surface area contributed by atoms with Gasteiger partial charge in [-0.15, -0.1) is 0 Å². The largest absolute Gasteiger partial charge is 0.497 e. The summed E-state index contributed by atoms with van der Waals surface area (Å²) in [5.74, 6) is 0.750. The molecule has 2 amide bonds. The molecule has 0 aromatic heterocycles. The number of carbonyl (C=O) groups is 1. The van der Waals surface area contributed by atoms with Gasteiger partial charge >= 0.3 is 6.03 Å². The van der Waals surface area contributed by atoms with Gasteiger partial charge in [0.15, 0.2) is 0 Å². The molecule has 2 aliphatic heterocycles. The first kappa shape index (κ1) is 15.8. The molecular weight excluding hydrogens is 302 g/mol. The van der Waals surface area contributed by atoms with Crippen LogP contribution in [0.15, 0.2) is 24.3 Å². The Morgan fingerprint density at radius 1 is 1.12 bits per heavy atom. The Balaban J connectivity index is 1.34. The molecule has 0 spiro atoms. The minimum Gasteiger partial charge on any atom is -0.497 e. The van der Waals surface area contributed by atoms with Gasteiger partial charge in [-0.2, -0.15) is 0 Å². The Bertz CT molecular complexity index is 588. The molecule has 3 aliphatic rings. The number of carbonyl (C=O) groups excluding carboxylic acids is 1. The molecule has 5 nitrogen and oxygen atoms in total. The number of urea groups is 1. The lowest BCUT2D eigenvalue weighted by molar-refractivity contribution is 0.0198. The maximum Gasteiger partial charge on any atom is 0.319 e. The third-order valence-corrected chi connectivity index (χ3v) is 5.66. The summed E-state index contributed by atoms with van der Waals surface area (Å²) in [5.41, 5.74) is 0.766. The molecule has 2 heterocycles. The number of piperidine rings is 2. The maximum absolute atomic E-state index is 12.4. The van der Waals surface area contributed by atoms with Crippen LogP contribution in [0.4, 0.5) is 10.5 Å². The predicted molar refractivity (Wildman–Crippen MR) is 94.5 cm³/mol. The molecule has 3 fully saturated rings. The number of hydrogen-bond donors (Lipinski definition) is 2. The highest BCUT2D eigenvalue weighted by Gasteiger charge is 2.45. The number of methoxy groups -OCH3 is 1. The average molecular weight is 329 g/mol. The number of amides is 2. The van der Waals surface area contributed by atoms with E-state index in [1.807, 2.05) is 24.3 Å². The summed E-state index contributed by atoms with van der Waals surface area (Å²) in [6.07, 6.45) is 8.88. The van der Waals surface area contributed by atoms with Crippen molar-refractivity contribution in [2.24, 2.45) is 0 Å². The first-order chi connectivity index (χ1) is 11.7. The van der Waals surface area contributed by atoms with Crippen LogP contribution >= 0.6 is 0 Å². The first-order valence-electron chi connectivity index (χ1n) is 9.22. The van der Waals surface area contributed by atoms with E-state index in [0.717, 1.165) is 30.3 Å². The number of rotatable bonds is 4. The van der Waals surface area contributed by atoms with Crippen LogP contribution in [-0.4, -0.2) is 42.2 Å². The number of hydrogen-bond acceptors (Lipinski definition) is 3. The van der Waals surface area contributed by atoms with Crippen molar-refractivity contribution in [3.63, 3.8) is 0 Å². The van der Waals surface area contributed by atoms with Crippen LogP contribution in [0.25, 0.3) is 0 Å². The molecule has 1 saturated carbocycles. The Labute approximate surface area is 143 Å². The Morgan fingerprint density at radius 2 is 1.88 bits per heavy atom. The highest BCUT2D eigenvalue weighted by atomic mass is 16.5. The molecule has 130 valence electrons. The van der Waals surface area contributed by atoms with Gasteiger partial charge in [-0.3, -0.25) is 4.90 Å². The Morgan fingerprint density at radius 3 is 2.54 bits per heavy atom. The van der Waals surface area contributed by atoms with Crippen LogP contribution in [-0.2, 0) is 0 Å². The van der Waals surface area contributed by atoms with E-state index < -0.39 is 0 Å². The summed E-state index contributed by atoms with van der Waals surface area (Å²) in [4.78, 5) is 15.1. The molecule has 1 aromatic carbocycles. The van der Waals surface area contributed by atoms with Gasteiger partial charge in [-0.05, 0) is 50.7 Å². The number of nitrogens with zero attached hydrogens (tertiary/aromatic N) is 1. The van der Waals surface area contributed by atoms with Crippen molar-refractivity contribution in [2.75, 3.05) is 12.4 Å². The highest BCUT2D eigenvalue weighted by molar-refractivity contribution is 5.89. The lowest BCUT2D eigenvalue weighted by atomic mass is 9.81. The normalized spacial score (nSPS) is 29.8. The van der Waals surface area contributed by atoms with Crippen molar-refractivity contribution in [3.8, 4) is 5.75 Å². The fraction of sp³-hybridized carbons (Fsp3) is 0.632. The summed E-state index contributed by atoms with van der Waals surface area (Å²) in [6, 6.07) is 9.85. The van der Waals surface area contributed by atoms with E-state index in [2.05, 4.69) is 15.5 Å². The van der Waals surface area contributed by atoms with Crippen LogP contribution in [0.2, 0.25) is 0 Å².